The summed E-state index contributed by atoms with van der Waals surface area (Å²) < 4.78 is 46.6. The van der Waals surface area contributed by atoms with Crippen molar-refractivity contribution in [2.45, 2.75) is 37.3 Å². The number of fused-ring (bicyclic) bond motifs is 1. The number of hydrogen-bond acceptors (Lipinski definition) is 5. The van der Waals surface area contributed by atoms with Gasteiger partial charge in [0.2, 0.25) is 5.91 Å². The van der Waals surface area contributed by atoms with Crippen molar-refractivity contribution in [2.24, 2.45) is 0 Å². The number of aryl methyl sites for hydroxylation is 1. The molecule has 134 valence electrons. The first-order valence-corrected chi connectivity index (χ1v) is 9.42. The van der Waals surface area contributed by atoms with Gasteiger partial charge in [-0.25, -0.2) is 14.1 Å². The smallest absolute Gasteiger partial charge is 0.281 e. The maximum atomic E-state index is 13.0. The highest BCUT2D eigenvalue weighted by Gasteiger charge is 2.26. The Bertz CT molecular complexity index is 879. The summed E-state index contributed by atoms with van der Waals surface area (Å²) in [6.45, 7) is 0.764. The van der Waals surface area contributed by atoms with E-state index < -0.39 is 21.7 Å². The van der Waals surface area contributed by atoms with Crippen LogP contribution in [-0.2, 0) is 27.8 Å². The van der Waals surface area contributed by atoms with Crippen LogP contribution in [0.25, 0.3) is 0 Å². The molecule has 0 spiro atoms. The van der Waals surface area contributed by atoms with E-state index in [1.54, 1.807) is 10.6 Å². The molecular formula is C16H18FN3O4S. The largest absolute Gasteiger partial charge is 0.493 e. The van der Waals surface area contributed by atoms with Gasteiger partial charge in [0, 0.05) is 25.5 Å². The van der Waals surface area contributed by atoms with Crippen molar-refractivity contribution in [3.05, 3.63) is 42.1 Å². The zero-order valence-electron chi connectivity index (χ0n) is 13.4. The van der Waals surface area contributed by atoms with Crippen LogP contribution >= 0.6 is 0 Å². The number of sulfonamides is 1. The van der Waals surface area contributed by atoms with Gasteiger partial charge in [-0.2, -0.15) is 8.42 Å². The summed E-state index contributed by atoms with van der Waals surface area (Å²) in [6, 6.07) is 5.67. The van der Waals surface area contributed by atoms with E-state index >= 15 is 0 Å². The second kappa shape index (κ2) is 7.22. The summed E-state index contributed by atoms with van der Waals surface area (Å²) in [4.78, 5) is 16.0. The maximum absolute atomic E-state index is 13.0. The summed E-state index contributed by atoms with van der Waals surface area (Å²) in [6.07, 6.45) is 3.15. The standard InChI is InChI=1S/C16H18FN3O4S/c17-12-4-1-5-13(10-12)24-9-3-7-15(21)19-25(22,23)16-11-18-14-6-2-8-20(14)16/h1,4-5,10-11H,2-3,6-9H2,(H,19,21). The molecule has 9 heteroatoms. The van der Waals surface area contributed by atoms with Crippen molar-refractivity contribution in [2.75, 3.05) is 6.61 Å². The number of rotatable bonds is 7. The van der Waals surface area contributed by atoms with E-state index in [1.807, 2.05) is 0 Å². The first-order chi connectivity index (χ1) is 12.0. The van der Waals surface area contributed by atoms with Crippen LogP contribution in [0.4, 0.5) is 4.39 Å². The minimum Gasteiger partial charge on any atom is -0.493 e. The van der Waals surface area contributed by atoms with Crippen molar-refractivity contribution in [1.29, 1.82) is 0 Å². The molecular weight excluding hydrogens is 349 g/mol. The van der Waals surface area contributed by atoms with Crippen molar-refractivity contribution < 1.29 is 22.3 Å². The minimum atomic E-state index is -3.93. The highest BCUT2D eigenvalue weighted by molar-refractivity contribution is 7.90. The van der Waals surface area contributed by atoms with E-state index in [9.17, 15) is 17.6 Å². The first-order valence-electron chi connectivity index (χ1n) is 7.94. The number of benzene rings is 1. The van der Waals surface area contributed by atoms with E-state index in [2.05, 4.69) is 9.71 Å². The van der Waals surface area contributed by atoms with E-state index in [4.69, 9.17) is 4.74 Å². The molecule has 2 aromatic rings. The minimum absolute atomic E-state index is 0.0179. The zero-order valence-corrected chi connectivity index (χ0v) is 14.3. The maximum Gasteiger partial charge on any atom is 0.281 e. The fourth-order valence-corrected chi connectivity index (χ4v) is 3.86. The zero-order chi connectivity index (χ0) is 17.9. The molecule has 1 aliphatic rings. The van der Waals surface area contributed by atoms with E-state index in [-0.39, 0.29) is 18.1 Å². The SMILES string of the molecule is O=C(CCCOc1cccc(F)c1)NS(=O)(=O)c1cnc2n1CCC2. The molecule has 0 saturated heterocycles. The average molecular weight is 367 g/mol. The van der Waals surface area contributed by atoms with Crippen LogP contribution in [0.3, 0.4) is 0 Å². The Morgan fingerprint density at radius 3 is 3.04 bits per heavy atom. The lowest BCUT2D eigenvalue weighted by Gasteiger charge is -2.09. The van der Waals surface area contributed by atoms with Gasteiger partial charge in [0.1, 0.15) is 17.4 Å². The highest BCUT2D eigenvalue weighted by atomic mass is 32.2. The number of nitrogens with zero attached hydrogens (tertiary/aromatic N) is 2. The Hall–Kier alpha value is -2.42. The number of carbonyl (C=O) groups excluding carboxylic acids is 1. The topological polar surface area (TPSA) is 90.3 Å². The van der Waals surface area contributed by atoms with Crippen molar-refractivity contribution in [1.82, 2.24) is 14.3 Å². The fraction of sp³-hybridized carbons (Fsp3) is 0.375. The number of carbonyl (C=O) groups is 1. The molecule has 1 aromatic heterocycles. The third-order valence-corrected chi connectivity index (χ3v) is 5.19. The molecule has 25 heavy (non-hydrogen) atoms. The number of halogens is 1. The number of ether oxygens (including phenoxy) is 1. The van der Waals surface area contributed by atoms with E-state index in [0.717, 1.165) is 18.7 Å². The predicted molar refractivity (Wildman–Crippen MR) is 87.0 cm³/mol. The van der Waals surface area contributed by atoms with E-state index in [1.165, 1.54) is 24.4 Å². The predicted octanol–water partition coefficient (Wildman–Crippen LogP) is 1.63. The molecule has 0 fully saturated rings. The summed E-state index contributed by atoms with van der Waals surface area (Å²) >= 11 is 0. The fourth-order valence-electron chi connectivity index (χ4n) is 2.68. The molecule has 1 aromatic carbocycles. The average Bonchev–Trinajstić information content (AvgIpc) is 3.14. The number of imidazole rings is 1. The number of amides is 1. The molecule has 1 aliphatic heterocycles. The van der Waals surface area contributed by atoms with Crippen molar-refractivity contribution in [3.63, 3.8) is 0 Å². The lowest BCUT2D eigenvalue weighted by Crippen LogP contribution is -2.32. The number of aromatic nitrogens is 2. The quantitative estimate of drug-likeness (QED) is 0.751. The van der Waals surface area contributed by atoms with Gasteiger partial charge in [0.15, 0.2) is 5.03 Å². The molecule has 0 radical (unpaired) electrons. The Labute approximate surface area is 144 Å². The van der Waals surface area contributed by atoms with Crippen LogP contribution in [0.2, 0.25) is 0 Å². The molecule has 3 rings (SSSR count). The normalized spacial score (nSPS) is 13.5. The molecule has 0 unspecified atom stereocenters. The molecule has 1 amide bonds. The Morgan fingerprint density at radius 2 is 2.24 bits per heavy atom. The molecule has 0 aliphatic carbocycles. The van der Waals surface area contributed by atoms with Crippen LogP contribution in [-0.4, -0.2) is 30.5 Å². The summed E-state index contributed by atoms with van der Waals surface area (Å²) in [7, 11) is -3.93. The molecule has 0 bridgehead atoms. The van der Waals surface area contributed by atoms with Gasteiger partial charge in [-0.3, -0.25) is 4.79 Å². The lowest BCUT2D eigenvalue weighted by molar-refractivity contribution is -0.119. The van der Waals surface area contributed by atoms with Gasteiger partial charge in [-0.15, -0.1) is 0 Å². The Balaban J connectivity index is 1.48. The van der Waals surface area contributed by atoms with Crippen LogP contribution in [0.5, 0.6) is 5.75 Å². The monoisotopic (exact) mass is 367 g/mol. The van der Waals surface area contributed by atoms with Gasteiger partial charge in [-0.1, -0.05) is 6.07 Å². The molecule has 0 atom stereocenters. The van der Waals surface area contributed by atoms with Gasteiger partial charge in [0.05, 0.1) is 12.8 Å². The van der Waals surface area contributed by atoms with Gasteiger partial charge in [0.25, 0.3) is 10.0 Å². The van der Waals surface area contributed by atoms with Gasteiger partial charge >= 0.3 is 0 Å². The van der Waals surface area contributed by atoms with Crippen molar-refractivity contribution in [3.8, 4) is 5.75 Å². The number of nitrogens with one attached hydrogen (secondary N) is 1. The van der Waals surface area contributed by atoms with Crippen LogP contribution in [0.15, 0.2) is 35.5 Å². The van der Waals surface area contributed by atoms with Crippen LogP contribution in [0.1, 0.15) is 25.1 Å². The Kier molecular flexibility index (Phi) is 5.03. The van der Waals surface area contributed by atoms with E-state index in [0.29, 0.717) is 18.7 Å². The molecule has 1 N–H and O–H groups in total. The second-order valence-electron chi connectivity index (χ2n) is 5.71. The van der Waals surface area contributed by atoms with Gasteiger partial charge in [-0.05, 0) is 25.0 Å². The van der Waals surface area contributed by atoms with Crippen LogP contribution < -0.4 is 9.46 Å². The highest BCUT2D eigenvalue weighted by Crippen LogP contribution is 2.19. The molecule has 0 saturated carbocycles. The second-order valence-corrected chi connectivity index (χ2v) is 7.34. The molecule has 7 nitrogen and oxygen atoms in total. The lowest BCUT2D eigenvalue weighted by atomic mass is 10.3. The van der Waals surface area contributed by atoms with Gasteiger partial charge < -0.3 is 9.30 Å². The summed E-state index contributed by atoms with van der Waals surface area (Å²) in [5.41, 5.74) is 0. The first kappa shape index (κ1) is 17.4. The summed E-state index contributed by atoms with van der Waals surface area (Å²) in [5, 5.41) is 0.0179. The number of hydrogen-bond donors (Lipinski definition) is 1. The third kappa shape index (κ3) is 4.16. The van der Waals surface area contributed by atoms with Crippen LogP contribution in [0, 0.1) is 5.82 Å². The Morgan fingerprint density at radius 1 is 1.40 bits per heavy atom. The summed E-state index contributed by atoms with van der Waals surface area (Å²) in [5.74, 6) is 0.0604. The third-order valence-electron chi connectivity index (χ3n) is 3.82. The van der Waals surface area contributed by atoms with Crippen molar-refractivity contribution >= 4 is 15.9 Å². The molecule has 2 heterocycles.